The maximum atomic E-state index is 14.2. The lowest BCUT2D eigenvalue weighted by molar-refractivity contribution is 0.0932. The molecule has 0 spiro atoms. The number of carbonyl (C=O) groups excluding carboxylic acids is 1. The summed E-state index contributed by atoms with van der Waals surface area (Å²) in [4.78, 5) is 21.8. The Balaban J connectivity index is 1.74. The van der Waals surface area contributed by atoms with Gasteiger partial charge in [-0.2, -0.15) is 9.61 Å². The fourth-order valence-corrected chi connectivity index (χ4v) is 4.10. The summed E-state index contributed by atoms with van der Waals surface area (Å²) in [5, 5.41) is 11.5. The number of pyridine rings is 1. The number of halogens is 1. The number of ether oxygens (including phenoxy) is 1. The molecule has 3 unspecified atom stereocenters. The maximum absolute atomic E-state index is 14.2. The van der Waals surface area contributed by atoms with E-state index in [4.69, 9.17) is 15.5 Å². The molecule has 0 saturated carbocycles. The first-order chi connectivity index (χ1) is 16.3. The Kier molecular flexibility index (Phi) is 5.53. The molecule has 0 saturated heterocycles. The highest BCUT2D eigenvalue weighted by molar-refractivity contribution is 7.27. The van der Waals surface area contributed by atoms with Crippen LogP contribution in [0.25, 0.3) is 16.8 Å². The monoisotopic (exact) mass is 479 g/mol. The smallest absolute Gasteiger partial charge is 0.256 e. The van der Waals surface area contributed by atoms with Crippen molar-refractivity contribution >= 4 is 37.7 Å². The molecular formula is C23H23FN7O2P. The van der Waals surface area contributed by atoms with E-state index in [0.29, 0.717) is 28.4 Å². The van der Waals surface area contributed by atoms with Crippen LogP contribution in [-0.2, 0) is 0 Å². The van der Waals surface area contributed by atoms with Crippen LogP contribution >= 0.6 is 9.24 Å². The van der Waals surface area contributed by atoms with Gasteiger partial charge in [0.15, 0.2) is 5.65 Å². The van der Waals surface area contributed by atoms with Crippen LogP contribution in [0.1, 0.15) is 35.8 Å². The Morgan fingerprint density at radius 3 is 2.76 bits per heavy atom. The summed E-state index contributed by atoms with van der Waals surface area (Å²) in [7, 11) is 2.64. The number of carbonyl (C=O) groups is 1. The van der Waals surface area contributed by atoms with Gasteiger partial charge in [-0.05, 0) is 30.8 Å². The van der Waals surface area contributed by atoms with E-state index in [-0.39, 0.29) is 23.9 Å². The predicted molar refractivity (Wildman–Crippen MR) is 131 cm³/mol. The Morgan fingerprint density at radius 1 is 1.24 bits per heavy atom. The molecule has 4 heterocycles. The summed E-state index contributed by atoms with van der Waals surface area (Å²) in [6.45, 7) is 3.86. The van der Waals surface area contributed by atoms with E-state index in [0.717, 1.165) is 17.1 Å². The molecule has 174 valence electrons. The van der Waals surface area contributed by atoms with Gasteiger partial charge in [-0.25, -0.2) is 14.4 Å². The highest BCUT2D eigenvalue weighted by Crippen LogP contribution is 2.36. The van der Waals surface area contributed by atoms with Crippen LogP contribution in [-0.4, -0.2) is 38.1 Å². The Morgan fingerprint density at radius 2 is 2.00 bits per heavy atom. The number of rotatable bonds is 1. The average Bonchev–Trinajstić information content (AvgIpc) is 3.23. The third kappa shape index (κ3) is 3.90. The van der Waals surface area contributed by atoms with Crippen LogP contribution in [0, 0.1) is 5.82 Å². The molecule has 1 aliphatic rings. The maximum Gasteiger partial charge on any atom is 0.256 e. The second-order valence-electron chi connectivity index (χ2n) is 8.19. The first-order valence-electron chi connectivity index (χ1n) is 10.7. The molecule has 0 fully saturated rings. The van der Waals surface area contributed by atoms with Crippen molar-refractivity contribution in [3.63, 3.8) is 0 Å². The largest absolute Gasteiger partial charge is 0.473 e. The van der Waals surface area contributed by atoms with Gasteiger partial charge in [0.25, 0.3) is 5.91 Å². The molecule has 1 aliphatic heterocycles. The van der Waals surface area contributed by atoms with E-state index in [1.54, 1.807) is 6.92 Å². The minimum atomic E-state index is -0.487. The number of anilines is 2. The zero-order chi connectivity index (χ0) is 24.0. The molecule has 9 nitrogen and oxygen atoms in total. The zero-order valence-electron chi connectivity index (χ0n) is 18.5. The normalized spacial score (nSPS) is 18.2. The highest BCUT2D eigenvalue weighted by atomic mass is 31.0. The summed E-state index contributed by atoms with van der Waals surface area (Å²) in [6.07, 6.45) is 2.13. The molecule has 4 aromatic rings. The van der Waals surface area contributed by atoms with Gasteiger partial charge in [-0.3, -0.25) is 4.79 Å². The number of hydrogen-bond donors (Lipinski definition) is 3. The van der Waals surface area contributed by atoms with Gasteiger partial charge in [0.05, 0.1) is 30.5 Å². The standard InChI is InChI=1S/C23H23FN7O2P/c1-11-8-26-22(32)17-10-28-31-19(25)18(13-3-5-15(34)6-4-13)20(30-21(17)31)29-12(2)16-7-14(24)9-27-23(16)33-11/h3-7,9-12H,8,25,34H2,1-2H3,(H,26,32)(H,29,30). The molecule has 11 heteroatoms. The first kappa shape index (κ1) is 22.0. The Labute approximate surface area is 197 Å². The van der Waals surface area contributed by atoms with E-state index < -0.39 is 18.0 Å². The van der Waals surface area contributed by atoms with Crippen molar-refractivity contribution in [1.82, 2.24) is 24.9 Å². The Bertz CT molecular complexity index is 1410. The molecule has 0 radical (unpaired) electrons. The molecule has 1 aromatic carbocycles. The second-order valence-corrected chi connectivity index (χ2v) is 8.86. The van der Waals surface area contributed by atoms with Crippen molar-refractivity contribution in [1.29, 1.82) is 0 Å². The van der Waals surface area contributed by atoms with E-state index in [9.17, 15) is 9.18 Å². The fraction of sp³-hybridized carbons (Fsp3) is 0.217. The summed E-state index contributed by atoms with van der Waals surface area (Å²) >= 11 is 0. The number of hydrogen-bond acceptors (Lipinski definition) is 7. The van der Waals surface area contributed by atoms with Crippen LogP contribution in [0.5, 0.6) is 5.88 Å². The zero-order valence-corrected chi connectivity index (χ0v) is 19.7. The summed E-state index contributed by atoms with van der Waals surface area (Å²) in [5.41, 5.74) is 9.08. The van der Waals surface area contributed by atoms with Gasteiger partial charge in [0, 0.05) is 5.56 Å². The minimum absolute atomic E-state index is 0.207. The van der Waals surface area contributed by atoms with Crippen molar-refractivity contribution in [2.45, 2.75) is 26.0 Å². The number of nitrogen functional groups attached to an aromatic ring is 1. The molecule has 3 aromatic heterocycles. The fourth-order valence-electron chi connectivity index (χ4n) is 3.91. The van der Waals surface area contributed by atoms with Crippen molar-refractivity contribution in [3.05, 3.63) is 59.7 Å². The molecule has 0 aliphatic carbocycles. The molecule has 2 bridgehead atoms. The second kappa shape index (κ2) is 8.53. The van der Waals surface area contributed by atoms with Crippen LogP contribution in [0.3, 0.4) is 0 Å². The van der Waals surface area contributed by atoms with Crippen molar-refractivity contribution in [2.75, 3.05) is 17.6 Å². The number of nitrogens with one attached hydrogen (secondary N) is 2. The summed E-state index contributed by atoms with van der Waals surface area (Å²) in [6, 6.07) is 8.64. The highest BCUT2D eigenvalue weighted by Gasteiger charge is 2.25. The molecular weight excluding hydrogens is 456 g/mol. The Hall–Kier alpha value is -3.78. The number of nitrogens with zero attached hydrogens (tertiary/aromatic N) is 4. The molecule has 34 heavy (non-hydrogen) atoms. The lowest BCUT2D eigenvalue weighted by atomic mass is 10.1. The SMILES string of the molecule is CC1CNC(=O)c2cnn3c(N)c(-c4ccc(P)cc4)c(nc23)NC(C)c2cc(F)cnc2O1. The number of benzene rings is 1. The summed E-state index contributed by atoms with van der Waals surface area (Å²) in [5.74, 6) is 0.160. The van der Waals surface area contributed by atoms with Crippen molar-refractivity contribution in [2.24, 2.45) is 0 Å². The van der Waals surface area contributed by atoms with E-state index in [1.807, 2.05) is 31.2 Å². The van der Waals surface area contributed by atoms with Gasteiger partial charge in [-0.15, -0.1) is 9.24 Å². The van der Waals surface area contributed by atoms with Crippen LogP contribution in [0.15, 0.2) is 42.7 Å². The first-order valence-corrected chi connectivity index (χ1v) is 11.3. The lowest BCUT2D eigenvalue weighted by Gasteiger charge is -2.22. The molecule has 3 atom stereocenters. The molecule has 1 amide bonds. The molecule has 5 rings (SSSR count). The summed E-state index contributed by atoms with van der Waals surface area (Å²) < 4.78 is 21.5. The van der Waals surface area contributed by atoms with Gasteiger partial charge >= 0.3 is 0 Å². The number of nitrogens with two attached hydrogens (primary N) is 1. The lowest BCUT2D eigenvalue weighted by Crippen LogP contribution is -2.34. The third-order valence-electron chi connectivity index (χ3n) is 5.65. The van der Waals surface area contributed by atoms with Gasteiger partial charge in [0.2, 0.25) is 5.88 Å². The number of aromatic nitrogens is 4. The average molecular weight is 479 g/mol. The van der Waals surface area contributed by atoms with Crippen LogP contribution in [0.2, 0.25) is 0 Å². The third-order valence-corrected chi connectivity index (χ3v) is 6.04. The van der Waals surface area contributed by atoms with Crippen LogP contribution < -0.4 is 26.4 Å². The van der Waals surface area contributed by atoms with Gasteiger partial charge < -0.3 is 21.1 Å². The van der Waals surface area contributed by atoms with E-state index >= 15 is 0 Å². The van der Waals surface area contributed by atoms with Crippen LogP contribution in [0.4, 0.5) is 16.0 Å². The topological polar surface area (TPSA) is 119 Å². The van der Waals surface area contributed by atoms with E-state index in [2.05, 4.69) is 30.0 Å². The van der Waals surface area contributed by atoms with Crippen molar-refractivity contribution < 1.29 is 13.9 Å². The number of amides is 1. The predicted octanol–water partition coefficient (Wildman–Crippen LogP) is 2.70. The van der Waals surface area contributed by atoms with E-state index in [1.165, 1.54) is 16.8 Å². The minimum Gasteiger partial charge on any atom is -0.473 e. The molecule has 4 N–H and O–H groups in total. The van der Waals surface area contributed by atoms with Crippen molar-refractivity contribution in [3.8, 4) is 17.0 Å². The number of fused-ring (bicyclic) bond motifs is 2. The quantitative estimate of drug-likeness (QED) is 0.359. The van der Waals surface area contributed by atoms with Gasteiger partial charge in [-0.1, -0.05) is 24.3 Å². The van der Waals surface area contributed by atoms with Gasteiger partial charge in [0.1, 0.15) is 29.1 Å².